The lowest BCUT2D eigenvalue weighted by atomic mass is 10.3. The van der Waals surface area contributed by atoms with Crippen LogP contribution < -0.4 is 0 Å². The van der Waals surface area contributed by atoms with E-state index in [9.17, 15) is 0 Å². The van der Waals surface area contributed by atoms with Gasteiger partial charge in [-0.3, -0.25) is 4.68 Å². The summed E-state index contributed by atoms with van der Waals surface area (Å²) in [5.74, 6) is 0. The number of fused-ring (bicyclic) bond motifs is 1. The fraction of sp³-hybridized carbons (Fsp3) is 0.0833. The molecule has 0 spiro atoms. The third-order valence-electron chi connectivity index (χ3n) is 2.63. The van der Waals surface area contributed by atoms with E-state index in [1.54, 1.807) is 10.9 Å². The number of rotatable bonds is 1. The Morgan fingerprint density at radius 3 is 2.71 bits per heavy atom. The normalized spacial score (nSPS) is 10.9. The Morgan fingerprint density at radius 1 is 1.18 bits per heavy atom. The molecular formula is C12H10N4S. The predicted octanol–water partition coefficient (Wildman–Crippen LogP) is 2.49. The highest BCUT2D eigenvalue weighted by molar-refractivity contribution is 7.71. The summed E-state index contributed by atoms with van der Waals surface area (Å²) in [4.78, 5) is 0. The number of benzene rings is 1. The van der Waals surface area contributed by atoms with Crippen molar-refractivity contribution in [1.82, 2.24) is 19.6 Å². The van der Waals surface area contributed by atoms with Crippen LogP contribution in [0.5, 0.6) is 0 Å². The number of aromatic nitrogens is 4. The first-order valence-electron chi connectivity index (χ1n) is 5.23. The van der Waals surface area contributed by atoms with Crippen LogP contribution in [0.4, 0.5) is 0 Å². The maximum absolute atomic E-state index is 5.28. The fourth-order valence-corrected chi connectivity index (χ4v) is 1.92. The number of hydrogen-bond donors (Lipinski definition) is 0. The molecule has 0 bridgehead atoms. The Kier molecular flexibility index (Phi) is 2.26. The predicted molar refractivity (Wildman–Crippen MR) is 68.7 cm³/mol. The first-order valence-corrected chi connectivity index (χ1v) is 5.63. The van der Waals surface area contributed by atoms with Gasteiger partial charge in [-0.1, -0.05) is 30.4 Å². The second-order valence-corrected chi connectivity index (χ2v) is 4.17. The zero-order valence-corrected chi connectivity index (χ0v) is 10.1. The van der Waals surface area contributed by atoms with Crippen LogP contribution in [0.1, 0.15) is 0 Å². The Bertz CT molecular complexity index is 727. The number of nitrogens with zero attached hydrogens (tertiary/aromatic N) is 4. The molecule has 0 atom stereocenters. The SMILES string of the molecule is Cn1ncc2cn(-c3ccccc3)nc2c1=S. The van der Waals surface area contributed by atoms with Crippen molar-refractivity contribution in [2.75, 3.05) is 0 Å². The van der Waals surface area contributed by atoms with Crippen molar-refractivity contribution in [2.45, 2.75) is 0 Å². The van der Waals surface area contributed by atoms with Crippen LogP contribution in [0.15, 0.2) is 42.7 Å². The molecule has 0 saturated carbocycles. The zero-order chi connectivity index (χ0) is 11.8. The average Bonchev–Trinajstić information content (AvgIpc) is 2.80. The van der Waals surface area contributed by atoms with Gasteiger partial charge in [-0.15, -0.1) is 0 Å². The maximum atomic E-state index is 5.28. The van der Waals surface area contributed by atoms with E-state index in [0.29, 0.717) is 4.64 Å². The van der Waals surface area contributed by atoms with Gasteiger partial charge in [-0.25, -0.2) is 4.68 Å². The molecule has 2 heterocycles. The molecule has 1 aromatic carbocycles. The summed E-state index contributed by atoms with van der Waals surface area (Å²) < 4.78 is 4.12. The molecule has 0 aliphatic heterocycles. The maximum Gasteiger partial charge on any atom is 0.150 e. The fourth-order valence-electron chi connectivity index (χ4n) is 1.72. The lowest BCUT2D eigenvalue weighted by molar-refractivity contribution is 0.734. The molecule has 4 nitrogen and oxygen atoms in total. The molecule has 2 aromatic heterocycles. The van der Waals surface area contributed by atoms with E-state index in [1.165, 1.54) is 0 Å². The molecule has 0 unspecified atom stereocenters. The van der Waals surface area contributed by atoms with Crippen molar-refractivity contribution in [1.29, 1.82) is 0 Å². The van der Waals surface area contributed by atoms with Crippen LogP contribution in [-0.2, 0) is 7.05 Å². The van der Waals surface area contributed by atoms with Gasteiger partial charge >= 0.3 is 0 Å². The number of hydrogen-bond acceptors (Lipinski definition) is 3. The summed E-state index contributed by atoms with van der Waals surface area (Å²) in [7, 11) is 1.82. The van der Waals surface area contributed by atoms with Crippen LogP contribution in [-0.4, -0.2) is 19.6 Å². The largest absolute Gasteiger partial charge is 0.256 e. The highest BCUT2D eigenvalue weighted by Gasteiger charge is 2.05. The Balaban J connectivity index is 2.28. The van der Waals surface area contributed by atoms with E-state index in [4.69, 9.17) is 12.2 Å². The summed E-state index contributed by atoms with van der Waals surface area (Å²) in [6, 6.07) is 9.95. The van der Waals surface area contributed by atoms with Crippen LogP contribution in [0, 0.1) is 4.64 Å². The van der Waals surface area contributed by atoms with Gasteiger partial charge in [0.05, 0.1) is 11.9 Å². The standard InChI is InChI=1S/C12H10N4S/c1-15-12(17)11-9(7-13-15)8-16(14-11)10-5-3-2-4-6-10/h2-8H,1H3. The molecule has 3 aromatic rings. The van der Waals surface area contributed by atoms with Crippen LogP contribution in [0.25, 0.3) is 16.6 Å². The van der Waals surface area contributed by atoms with E-state index >= 15 is 0 Å². The molecule has 0 radical (unpaired) electrons. The Labute approximate surface area is 103 Å². The van der Waals surface area contributed by atoms with E-state index < -0.39 is 0 Å². The van der Waals surface area contributed by atoms with Crippen LogP contribution in [0.3, 0.4) is 0 Å². The minimum absolute atomic E-state index is 0.650. The summed E-state index contributed by atoms with van der Waals surface area (Å²) >= 11 is 5.28. The minimum atomic E-state index is 0.650. The van der Waals surface area contributed by atoms with Crippen molar-refractivity contribution in [3.05, 3.63) is 47.4 Å². The van der Waals surface area contributed by atoms with Gasteiger partial charge in [0.25, 0.3) is 0 Å². The molecular weight excluding hydrogens is 232 g/mol. The number of aryl methyl sites for hydroxylation is 1. The van der Waals surface area contributed by atoms with E-state index in [0.717, 1.165) is 16.6 Å². The summed E-state index contributed by atoms with van der Waals surface area (Å²) in [5.41, 5.74) is 1.82. The van der Waals surface area contributed by atoms with Gasteiger partial charge in [-0.05, 0) is 12.1 Å². The molecule has 3 rings (SSSR count). The highest BCUT2D eigenvalue weighted by Crippen LogP contribution is 2.15. The molecule has 17 heavy (non-hydrogen) atoms. The zero-order valence-electron chi connectivity index (χ0n) is 9.24. The van der Waals surface area contributed by atoms with Crippen LogP contribution in [0.2, 0.25) is 0 Å². The summed E-state index contributed by atoms with van der Waals surface area (Å²) in [6.45, 7) is 0. The lowest BCUT2D eigenvalue weighted by Gasteiger charge is -1.98. The van der Waals surface area contributed by atoms with Gasteiger partial charge in [0.2, 0.25) is 0 Å². The molecule has 0 aliphatic carbocycles. The third-order valence-corrected chi connectivity index (χ3v) is 3.09. The lowest BCUT2D eigenvalue weighted by Crippen LogP contribution is -1.97. The van der Waals surface area contributed by atoms with Crippen molar-refractivity contribution >= 4 is 23.1 Å². The molecule has 84 valence electrons. The molecule has 0 saturated heterocycles. The second kappa shape index (κ2) is 3.78. The average molecular weight is 242 g/mol. The molecule has 0 fully saturated rings. The molecule has 5 heteroatoms. The van der Waals surface area contributed by atoms with Crippen molar-refractivity contribution in [3.8, 4) is 5.69 Å². The van der Waals surface area contributed by atoms with Crippen molar-refractivity contribution < 1.29 is 0 Å². The molecule has 0 N–H and O–H groups in total. The monoisotopic (exact) mass is 242 g/mol. The van der Waals surface area contributed by atoms with Crippen LogP contribution >= 0.6 is 12.2 Å². The minimum Gasteiger partial charge on any atom is -0.256 e. The smallest absolute Gasteiger partial charge is 0.150 e. The highest BCUT2D eigenvalue weighted by atomic mass is 32.1. The van der Waals surface area contributed by atoms with E-state index in [1.807, 2.05) is 48.3 Å². The van der Waals surface area contributed by atoms with Gasteiger partial charge in [0.15, 0.2) is 0 Å². The van der Waals surface area contributed by atoms with E-state index in [2.05, 4.69) is 10.2 Å². The van der Waals surface area contributed by atoms with Gasteiger partial charge < -0.3 is 0 Å². The summed E-state index contributed by atoms with van der Waals surface area (Å²) in [6.07, 6.45) is 3.71. The Hall–Kier alpha value is -2.01. The Morgan fingerprint density at radius 2 is 1.94 bits per heavy atom. The summed E-state index contributed by atoms with van der Waals surface area (Å²) in [5, 5.41) is 9.62. The van der Waals surface area contributed by atoms with Crippen molar-refractivity contribution in [2.24, 2.45) is 7.05 Å². The second-order valence-electron chi connectivity index (χ2n) is 3.79. The van der Waals surface area contributed by atoms with Gasteiger partial charge in [0, 0.05) is 18.6 Å². The first-order chi connectivity index (χ1) is 8.25. The number of para-hydroxylation sites is 1. The quantitative estimate of drug-likeness (QED) is 0.615. The van der Waals surface area contributed by atoms with Crippen molar-refractivity contribution in [3.63, 3.8) is 0 Å². The third kappa shape index (κ3) is 1.64. The first kappa shape index (κ1) is 10.2. The topological polar surface area (TPSA) is 35.6 Å². The van der Waals surface area contributed by atoms with E-state index in [-0.39, 0.29) is 0 Å². The molecule has 0 aliphatic rings. The molecule has 0 amide bonds. The van der Waals surface area contributed by atoms with Gasteiger partial charge in [-0.2, -0.15) is 10.2 Å². The van der Waals surface area contributed by atoms with Gasteiger partial charge in [0.1, 0.15) is 10.2 Å².